The normalized spacial score (nSPS) is 10.6. The number of nitrogens with one attached hydrogen (secondary N) is 1. The van der Waals surface area contributed by atoms with Crippen LogP contribution in [0.5, 0.6) is 0 Å². The van der Waals surface area contributed by atoms with Crippen LogP contribution < -0.4 is 5.32 Å². The summed E-state index contributed by atoms with van der Waals surface area (Å²) >= 11 is 2.81. The van der Waals surface area contributed by atoms with Crippen LogP contribution in [-0.4, -0.2) is 17.9 Å². The molecule has 0 atom stereocenters. The molecule has 1 rings (SSSR count). The lowest BCUT2D eigenvalue weighted by molar-refractivity contribution is -0.384. The number of nitro groups is 1. The van der Waals surface area contributed by atoms with E-state index in [2.05, 4.69) is 21.2 Å². The van der Waals surface area contributed by atoms with Gasteiger partial charge in [-0.3, -0.25) is 10.1 Å². The Hall–Kier alpha value is -1.31. The van der Waals surface area contributed by atoms with Crippen LogP contribution in [-0.2, 0) is 0 Å². The van der Waals surface area contributed by atoms with Gasteiger partial charge in [0.15, 0.2) is 0 Å². The van der Waals surface area contributed by atoms with E-state index in [9.17, 15) is 23.3 Å². The van der Waals surface area contributed by atoms with Gasteiger partial charge in [-0.2, -0.15) is 0 Å². The Bertz CT molecular complexity index is 415. The van der Waals surface area contributed by atoms with Crippen LogP contribution in [0, 0.1) is 15.9 Å². The minimum Gasteiger partial charge on any atom is -0.374 e. The molecule has 0 aliphatic heterocycles. The molecule has 0 saturated heterocycles. The summed E-state index contributed by atoms with van der Waals surface area (Å²) < 4.78 is 36.8. The van der Waals surface area contributed by atoms with Crippen molar-refractivity contribution in [2.75, 3.05) is 11.9 Å². The van der Waals surface area contributed by atoms with Gasteiger partial charge in [-0.05, 0) is 22.0 Å². The highest BCUT2D eigenvalue weighted by atomic mass is 79.9. The summed E-state index contributed by atoms with van der Waals surface area (Å²) in [5.41, 5.74) is -0.736. The zero-order chi connectivity index (χ0) is 12.3. The standard InChI is InChI=1S/C8H6BrF3N2O2/c9-4-1-6(13-3-8(11)12)7(14(15)16)2-5(4)10/h1-2,8,13H,3H2. The van der Waals surface area contributed by atoms with Gasteiger partial charge in [-0.25, -0.2) is 13.2 Å². The Labute approximate surface area is 96.7 Å². The molecule has 1 N–H and O–H groups in total. The van der Waals surface area contributed by atoms with E-state index in [-0.39, 0.29) is 10.2 Å². The highest BCUT2D eigenvalue weighted by Gasteiger charge is 2.18. The van der Waals surface area contributed by atoms with Gasteiger partial charge < -0.3 is 5.32 Å². The first-order valence-electron chi connectivity index (χ1n) is 4.07. The van der Waals surface area contributed by atoms with Gasteiger partial charge in [-0.15, -0.1) is 0 Å². The fourth-order valence-corrected chi connectivity index (χ4v) is 1.36. The van der Waals surface area contributed by atoms with Crippen LogP contribution in [0.1, 0.15) is 0 Å². The summed E-state index contributed by atoms with van der Waals surface area (Å²) in [6, 6.07) is 1.72. The van der Waals surface area contributed by atoms with Crippen molar-refractivity contribution >= 4 is 27.3 Å². The van der Waals surface area contributed by atoms with E-state index >= 15 is 0 Å². The number of nitrogens with zero attached hydrogens (tertiary/aromatic N) is 1. The van der Waals surface area contributed by atoms with E-state index in [1.54, 1.807) is 0 Å². The number of rotatable bonds is 4. The Kier molecular flexibility index (Phi) is 4.11. The third kappa shape index (κ3) is 3.09. The molecule has 0 amide bonds. The predicted molar refractivity (Wildman–Crippen MR) is 55.2 cm³/mol. The summed E-state index contributed by atoms with van der Waals surface area (Å²) in [6.07, 6.45) is -2.65. The highest BCUT2D eigenvalue weighted by Crippen LogP contribution is 2.30. The minimum atomic E-state index is -2.65. The van der Waals surface area contributed by atoms with E-state index in [1.807, 2.05) is 0 Å². The van der Waals surface area contributed by atoms with Gasteiger partial charge in [0.05, 0.1) is 22.0 Å². The number of alkyl halides is 2. The molecule has 0 saturated carbocycles. The van der Waals surface area contributed by atoms with Crippen molar-refractivity contribution in [2.24, 2.45) is 0 Å². The summed E-state index contributed by atoms with van der Waals surface area (Å²) in [5.74, 6) is -0.825. The highest BCUT2D eigenvalue weighted by molar-refractivity contribution is 9.10. The van der Waals surface area contributed by atoms with Gasteiger partial charge >= 0.3 is 0 Å². The topological polar surface area (TPSA) is 55.2 Å². The Morgan fingerprint density at radius 1 is 1.50 bits per heavy atom. The predicted octanol–water partition coefficient (Wildman–Crippen LogP) is 3.17. The lowest BCUT2D eigenvalue weighted by Crippen LogP contribution is -2.11. The van der Waals surface area contributed by atoms with Gasteiger partial charge in [0.2, 0.25) is 0 Å². The fourth-order valence-electron chi connectivity index (χ4n) is 1.02. The third-order valence-electron chi connectivity index (χ3n) is 1.68. The molecule has 0 spiro atoms. The van der Waals surface area contributed by atoms with Crippen molar-refractivity contribution in [1.29, 1.82) is 0 Å². The maximum absolute atomic E-state index is 13.0. The average molecular weight is 299 g/mol. The van der Waals surface area contributed by atoms with E-state index in [0.717, 1.165) is 6.07 Å². The zero-order valence-electron chi connectivity index (χ0n) is 7.71. The molecule has 88 valence electrons. The van der Waals surface area contributed by atoms with Crippen molar-refractivity contribution in [3.63, 3.8) is 0 Å². The number of hydrogen-bond donors (Lipinski definition) is 1. The molecule has 0 bridgehead atoms. The number of nitro benzene ring substituents is 1. The second-order valence-electron chi connectivity index (χ2n) is 2.81. The molecule has 0 aliphatic carbocycles. The largest absolute Gasteiger partial charge is 0.374 e. The number of benzene rings is 1. The van der Waals surface area contributed by atoms with E-state index in [0.29, 0.717) is 6.07 Å². The lowest BCUT2D eigenvalue weighted by Gasteiger charge is -2.07. The van der Waals surface area contributed by atoms with Gasteiger partial charge in [0, 0.05) is 0 Å². The second-order valence-corrected chi connectivity index (χ2v) is 3.67. The maximum atomic E-state index is 13.0. The molecule has 1 aromatic carbocycles. The molecule has 0 unspecified atom stereocenters. The first-order chi connectivity index (χ1) is 7.41. The summed E-state index contributed by atoms with van der Waals surface area (Å²) in [7, 11) is 0. The van der Waals surface area contributed by atoms with Crippen LogP contribution in [0.2, 0.25) is 0 Å². The van der Waals surface area contributed by atoms with Crippen LogP contribution in [0.4, 0.5) is 24.5 Å². The van der Waals surface area contributed by atoms with Crippen LogP contribution in [0.3, 0.4) is 0 Å². The van der Waals surface area contributed by atoms with Crippen molar-refractivity contribution in [2.45, 2.75) is 6.43 Å². The zero-order valence-corrected chi connectivity index (χ0v) is 9.30. The van der Waals surface area contributed by atoms with E-state index in [4.69, 9.17) is 0 Å². The van der Waals surface area contributed by atoms with E-state index in [1.165, 1.54) is 0 Å². The van der Waals surface area contributed by atoms with Crippen LogP contribution in [0.15, 0.2) is 16.6 Å². The molecule has 0 fully saturated rings. The van der Waals surface area contributed by atoms with Gasteiger partial charge in [0.25, 0.3) is 12.1 Å². The minimum absolute atomic E-state index is 0.0325. The van der Waals surface area contributed by atoms with Gasteiger partial charge in [0.1, 0.15) is 11.5 Å². The Morgan fingerprint density at radius 3 is 2.62 bits per heavy atom. The number of anilines is 1. The Balaban J connectivity index is 3.05. The number of hydrogen-bond acceptors (Lipinski definition) is 3. The summed E-state index contributed by atoms with van der Waals surface area (Å²) in [5, 5.41) is 12.7. The quantitative estimate of drug-likeness (QED) is 0.686. The molecule has 0 radical (unpaired) electrons. The molecule has 16 heavy (non-hydrogen) atoms. The molecular formula is C8H6BrF3N2O2. The first kappa shape index (κ1) is 12.8. The smallest absolute Gasteiger partial charge is 0.295 e. The molecule has 0 aliphatic rings. The summed E-state index contributed by atoms with van der Waals surface area (Å²) in [6.45, 7) is -0.737. The van der Waals surface area contributed by atoms with E-state index < -0.39 is 29.4 Å². The van der Waals surface area contributed by atoms with Gasteiger partial charge in [-0.1, -0.05) is 0 Å². The molecular weight excluding hydrogens is 293 g/mol. The van der Waals surface area contributed by atoms with Crippen LogP contribution in [0.25, 0.3) is 0 Å². The molecule has 0 aromatic heterocycles. The van der Waals surface area contributed by atoms with Crippen molar-refractivity contribution in [1.82, 2.24) is 0 Å². The molecule has 1 aromatic rings. The molecule has 0 heterocycles. The van der Waals surface area contributed by atoms with Crippen molar-refractivity contribution in [3.05, 3.63) is 32.5 Å². The van der Waals surface area contributed by atoms with Crippen molar-refractivity contribution in [3.8, 4) is 0 Å². The summed E-state index contributed by atoms with van der Waals surface area (Å²) in [4.78, 5) is 9.68. The monoisotopic (exact) mass is 298 g/mol. The SMILES string of the molecule is O=[N+]([O-])c1cc(F)c(Br)cc1NCC(F)F. The number of halogens is 4. The molecule has 8 heteroatoms. The molecule has 4 nitrogen and oxygen atoms in total. The third-order valence-corrected chi connectivity index (χ3v) is 2.29. The van der Waals surface area contributed by atoms with Crippen molar-refractivity contribution < 1.29 is 18.1 Å². The Morgan fingerprint density at radius 2 is 2.12 bits per heavy atom. The first-order valence-corrected chi connectivity index (χ1v) is 4.86. The van der Waals surface area contributed by atoms with Crippen LogP contribution >= 0.6 is 15.9 Å². The fraction of sp³-hybridized carbons (Fsp3) is 0.250. The second kappa shape index (κ2) is 5.15. The lowest BCUT2D eigenvalue weighted by atomic mass is 10.2. The average Bonchev–Trinajstić information content (AvgIpc) is 2.18. The maximum Gasteiger partial charge on any atom is 0.295 e.